The van der Waals surface area contributed by atoms with Crippen molar-refractivity contribution in [2.75, 3.05) is 0 Å². The SMILES string of the molecule is Cc1ccc(C(C)C(=O)O)c(C(C)C(=O)O)c1. The van der Waals surface area contributed by atoms with Gasteiger partial charge in [0.1, 0.15) is 0 Å². The maximum Gasteiger partial charge on any atom is 0.310 e. The molecule has 2 unspecified atom stereocenters. The van der Waals surface area contributed by atoms with E-state index in [0.29, 0.717) is 11.1 Å². The molecule has 0 aromatic heterocycles. The topological polar surface area (TPSA) is 74.6 Å². The second kappa shape index (κ2) is 4.99. The summed E-state index contributed by atoms with van der Waals surface area (Å²) in [5.41, 5.74) is 2.07. The molecule has 0 fully saturated rings. The minimum absolute atomic E-state index is 0.568. The van der Waals surface area contributed by atoms with E-state index in [1.165, 1.54) is 0 Å². The summed E-state index contributed by atoms with van der Waals surface area (Å²) in [7, 11) is 0. The van der Waals surface area contributed by atoms with Gasteiger partial charge in [-0.05, 0) is 31.9 Å². The number of carboxylic acids is 2. The molecule has 1 rings (SSSR count). The molecule has 1 aromatic carbocycles. The van der Waals surface area contributed by atoms with Crippen LogP contribution in [0.2, 0.25) is 0 Å². The molecule has 0 radical (unpaired) electrons. The van der Waals surface area contributed by atoms with Crippen LogP contribution in [0.1, 0.15) is 42.4 Å². The molecule has 0 aliphatic rings. The van der Waals surface area contributed by atoms with Gasteiger partial charge in [0.15, 0.2) is 0 Å². The minimum Gasteiger partial charge on any atom is -0.481 e. The van der Waals surface area contributed by atoms with E-state index < -0.39 is 23.8 Å². The fourth-order valence-corrected chi connectivity index (χ4v) is 1.73. The van der Waals surface area contributed by atoms with Crippen molar-refractivity contribution in [1.29, 1.82) is 0 Å². The summed E-state index contributed by atoms with van der Waals surface area (Å²) in [6.07, 6.45) is 0. The number of carbonyl (C=O) groups is 2. The summed E-state index contributed by atoms with van der Waals surface area (Å²) in [6.45, 7) is 4.98. The molecule has 0 bridgehead atoms. The quantitative estimate of drug-likeness (QED) is 0.841. The third-order valence-corrected chi connectivity index (χ3v) is 2.92. The predicted molar refractivity (Wildman–Crippen MR) is 63.3 cm³/mol. The van der Waals surface area contributed by atoms with E-state index in [4.69, 9.17) is 10.2 Å². The van der Waals surface area contributed by atoms with Gasteiger partial charge >= 0.3 is 11.9 Å². The van der Waals surface area contributed by atoms with E-state index in [1.807, 2.05) is 6.92 Å². The molecule has 0 amide bonds. The maximum absolute atomic E-state index is 11.0. The lowest BCUT2D eigenvalue weighted by molar-refractivity contribution is -0.140. The predicted octanol–water partition coefficient (Wildman–Crippen LogP) is 2.37. The number of rotatable bonds is 4. The van der Waals surface area contributed by atoms with Crippen molar-refractivity contribution in [3.8, 4) is 0 Å². The van der Waals surface area contributed by atoms with Crippen LogP contribution in [0.5, 0.6) is 0 Å². The first-order valence-electron chi connectivity index (χ1n) is 5.40. The number of hydrogen-bond donors (Lipinski definition) is 2. The Labute approximate surface area is 99.9 Å². The number of aryl methyl sites for hydroxylation is 1. The standard InChI is InChI=1S/C13H16O4/c1-7-4-5-10(8(2)12(14)15)11(6-7)9(3)13(16)17/h4-6,8-9H,1-3H3,(H,14,15)(H,16,17). The van der Waals surface area contributed by atoms with Crippen molar-refractivity contribution < 1.29 is 19.8 Å². The zero-order valence-corrected chi connectivity index (χ0v) is 10.1. The summed E-state index contributed by atoms with van der Waals surface area (Å²) >= 11 is 0. The molecule has 2 atom stereocenters. The second-order valence-corrected chi connectivity index (χ2v) is 4.25. The van der Waals surface area contributed by atoms with Gasteiger partial charge in [-0.15, -0.1) is 0 Å². The third kappa shape index (κ3) is 2.84. The Kier molecular flexibility index (Phi) is 3.89. The van der Waals surface area contributed by atoms with Gasteiger partial charge in [0.25, 0.3) is 0 Å². The summed E-state index contributed by atoms with van der Waals surface area (Å²) in [6, 6.07) is 5.24. The van der Waals surface area contributed by atoms with Crippen molar-refractivity contribution in [2.24, 2.45) is 0 Å². The van der Waals surface area contributed by atoms with E-state index in [0.717, 1.165) is 5.56 Å². The molecular formula is C13H16O4. The van der Waals surface area contributed by atoms with Gasteiger partial charge in [0.05, 0.1) is 11.8 Å². The smallest absolute Gasteiger partial charge is 0.310 e. The van der Waals surface area contributed by atoms with Crippen molar-refractivity contribution in [3.05, 3.63) is 34.9 Å². The van der Waals surface area contributed by atoms with Gasteiger partial charge in [-0.1, -0.05) is 23.8 Å². The summed E-state index contributed by atoms with van der Waals surface area (Å²) < 4.78 is 0. The first-order valence-corrected chi connectivity index (χ1v) is 5.40. The van der Waals surface area contributed by atoms with Crippen molar-refractivity contribution >= 4 is 11.9 Å². The van der Waals surface area contributed by atoms with Gasteiger partial charge in [-0.2, -0.15) is 0 Å². The average Bonchev–Trinajstić information content (AvgIpc) is 2.26. The van der Waals surface area contributed by atoms with Crippen LogP contribution in [0.25, 0.3) is 0 Å². The van der Waals surface area contributed by atoms with E-state index in [-0.39, 0.29) is 0 Å². The molecule has 4 nitrogen and oxygen atoms in total. The molecule has 1 aromatic rings. The summed E-state index contributed by atoms with van der Waals surface area (Å²) in [5, 5.41) is 18.0. The van der Waals surface area contributed by atoms with E-state index in [2.05, 4.69) is 0 Å². The fraction of sp³-hybridized carbons (Fsp3) is 0.385. The highest BCUT2D eigenvalue weighted by Gasteiger charge is 2.23. The molecule has 0 saturated heterocycles. The molecular weight excluding hydrogens is 220 g/mol. The van der Waals surface area contributed by atoms with Crippen LogP contribution in [0, 0.1) is 6.92 Å². The van der Waals surface area contributed by atoms with E-state index in [9.17, 15) is 9.59 Å². The number of hydrogen-bond acceptors (Lipinski definition) is 2. The van der Waals surface area contributed by atoms with Crippen LogP contribution in [0.4, 0.5) is 0 Å². The van der Waals surface area contributed by atoms with Crippen LogP contribution in [0.3, 0.4) is 0 Å². The molecule has 0 aliphatic carbocycles. The third-order valence-electron chi connectivity index (χ3n) is 2.92. The Balaban J connectivity index is 3.30. The Morgan fingerprint density at radius 1 is 1.00 bits per heavy atom. The Hall–Kier alpha value is -1.84. The van der Waals surface area contributed by atoms with E-state index in [1.54, 1.807) is 32.0 Å². The first-order chi connectivity index (χ1) is 7.84. The Bertz CT molecular complexity index is 451. The van der Waals surface area contributed by atoms with Crippen molar-refractivity contribution in [1.82, 2.24) is 0 Å². The lowest BCUT2D eigenvalue weighted by atomic mass is 9.88. The highest BCUT2D eigenvalue weighted by Crippen LogP contribution is 2.28. The zero-order chi connectivity index (χ0) is 13.2. The average molecular weight is 236 g/mol. The molecule has 17 heavy (non-hydrogen) atoms. The first kappa shape index (κ1) is 13.2. The Morgan fingerprint density at radius 3 is 1.94 bits per heavy atom. The Morgan fingerprint density at radius 2 is 1.47 bits per heavy atom. The number of aliphatic carboxylic acids is 2. The summed E-state index contributed by atoms with van der Waals surface area (Å²) in [5.74, 6) is -3.30. The van der Waals surface area contributed by atoms with Gasteiger partial charge in [0, 0.05) is 0 Å². The highest BCUT2D eigenvalue weighted by molar-refractivity contribution is 5.80. The lowest BCUT2D eigenvalue weighted by Gasteiger charge is -2.16. The van der Waals surface area contributed by atoms with Crippen LogP contribution >= 0.6 is 0 Å². The van der Waals surface area contributed by atoms with Crippen LogP contribution < -0.4 is 0 Å². The monoisotopic (exact) mass is 236 g/mol. The van der Waals surface area contributed by atoms with Gasteiger partial charge in [-0.25, -0.2) is 0 Å². The lowest BCUT2D eigenvalue weighted by Crippen LogP contribution is -2.15. The van der Waals surface area contributed by atoms with Gasteiger partial charge in [0.2, 0.25) is 0 Å². The van der Waals surface area contributed by atoms with Crippen LogP contribution in [0.15, 0.2) is 18.2 Å². The second-order valence-electron chi connectivity index (χ2n) is 4.25. The number of benzene rings is 1. The molecule has 0 heterocycles. The molecule has 0 saturated carbocycles. The van der Waals surface area contributed by atoms with Gasteiger partial charge < -0.3 is 10.2 Å². The number of carboxylic acid groups (broad SMARTS) is 2. The van der Waals surface area contributed by atoms with Crippen LogP contribution in [-0.2, 0) is 9.59 Å². The van der Waals surface area contributed by atoms with E-state index >= 15 is 0 Å². The molecule has 2 N–H and O–H groups in total. The fourth-order valence-electron chi connectivity index (χ4n) is 1.73. The minimum atomic E-state index is -0.951. The van der Waals surface area contributed by atoms with Crippen molar-refractivity contribution in [3.63, 3.8) is 0 Å². The molecule has 0 aliphatic heterocycles. The molecule has 4 heteroatoms. The highest BCUT2D eigenvalue weighted by atomic mass is 16.4. The molecule has 0 spiro atoms. The zero-order valence-electron chi connectivity index (χ0n) is 10.1. The largest absolute Gasteiger partial charge is 0.481 e. The van der Waals surface area contributed by atoms with Crippen LogP contribution in [-0.4, -0.2) is 22.2 Å². The van der Waals surface area contributed by atoms with Gasteiger partial charge in [-0.3, -0.25) is 9.59 Å². The summed E-state index contributed by atoms with van der Waals surface area (Å²) in [4.78, 5) is 22.0. The maximum atomic E-state index is 11.0. The normalized spacial score (nSPS) is 14.1. The molecule has 92 valence electrons. The van der Waals surface area contributed by atoms with Crippen molar-refractivity contribution in [2.45, 2.75) is 32.6 Å².